The van der Waals surface area contributed by atoms with E-state index < -0.39 is 0 Å². The summed E-state index contributed by atoms with van der Waals surface area (Å²) in [6.07, 6.45) is 3.57. The molecular weight excluding hydrogens is 214 g/mol. The highest BCUT2D eigenvalue weighted by molar-refractivity contribution is 5.94. The van der Waals surface area contributed by atoms with Crippen LogP contribution in [0.1, 0.15) is 17.3 Å². The van der Waals surface area contributed by atoms with Gasteiger partial charge in [0, 0.05) is 12.1 Å². The largest absolute Gasteiger partial charge is 0.497 e. The second-order valence-electron chi connectivity index (χ2n) is 3.66. The molecule has 0 atom stereocenters. The summed E-state index contributed by atoms with van der Waals surface area (Å²) in [4.78, 5) is 11.7. The Morgan fingerprint density at radius 3 is 2.59 bits per heavy atom. The van der Waals surface area contributed by atoms with Gasteiger partial charge in [-0.15, -0.1) is 0 Å². The molecule has 1 amide bonds. The number of carbonyl (C=O) groups excluding carboxylic acids is 1. The van der Waals surface area contributed by atoms with Crippen LogP contribution in [-0.2, 0) is 0 Å². The Bertz CT molecular complexity index is 418. The van der Waals surface area contributed by atoms with Gasteiger partial charge in [-0.25, -0.2) is 0 Å². The maximum atomic E-state index is 11.7. The van der Waals surface area contributed by atoms with E-state index in [-0.39, 0.29) is 5.91 Å². The molecule has 17 heavy (non-hydrogen) atoms. The van der Waals surface area contributed by atoms with Gasteiger partial charge in [-0.2, -0.15) is 0 Å². The van der Waals surface area contributed by atoms with Crippen molar-refractivity contribution >= 4 is 5.91 Å². The number of ether oxygens (including phenoxy) is 1. The molecule has 0 saturated heterocycles. The van der Waals surface area contributed by atoms with E-state index in [4.69, 9.17) is 4.74 Å². The van der Waals surface area contributed by atoms with E-state index in [1.807, 2.05) is 13.0 Å². The van der Waals surface area contributed by atoms with Crippen molar-refractivity contribution in [2.45, 2.75) is 6.92 Å². The molecule has 90 valence electrons. The van der Waals surface area contributed by atoms with Gasteiger partial charge >= 0.3 is 0 Å². The highest BCUT2D eigenvalue weighted by Gasteiger charge is 2.04. The zero-order valence-corrected chi connectivity index (χ0v) is 10.2. The minimum Gasteiger partial charge on any atom is -0.497 e. The Balaban J connectivity index is 2.57. The molecule has 3 heteroatoms. The van der Waals surface area contributed by atoms with E-state index in [0.717, 1.165) is 11.3 Å². The van der Waals surface area contributed by atoms with Crippen molar-refractivity contribution in [3.05, 3.63) is 54.1 Å². The average molecular weight is 231 g/mol. The third kappa shape index (κ3) is 4.15. The van der Waals surface area contributed by atoms with Gasteiger partial charge in [0.25, 0.3) is 5.91 Å². The highest BCUT2D eigenvalue weighted by atomic mass is 16.5. The van der Waals surface area contributed by atoms with Crippen molar-refractivity contribution in [2.24, 2.45) is 0 Å². The summed E-state index contributed by atoms with van der Waals surface area (Å²) in [5.74, 6) is 0.647. The minimum atomic E-state index is -0.0931. The van der Waals surface area contributed by atoms with Gasteiger partial charge in [0.15, 0.2) is 0 Å². The number of allylic oxidation sites excluding steroid dienone is 2. The number of rotatable bonds is 5. The van der Waals surface area contributed by atoms with Gasteiger partial charge < -0.3 is 10.1 Å². The summed E-state index contributed by atoms with van der Waals surface area (Å²) >= 11 is 0. The molecule has 0 fully saturated rings. The van der Waals surface area contributed by atoms with Crippen molar-refractivity contribution in [1.29, 1.82) is 0 Å². The third-order valence-electron chi connectivity index (χ3n) is 2.28. The number of methoxy groups -OCH3 is 1. The molecule has 3 nitrogen and oxygen atoms in total. The first kappa shape index (κ1) is 13.0. The van der Waals surface area contributed by atoms with E-state index in [9.17, 15) is 4.79 Å². The van der Waals surface area contributed by atoms with Gasteiger partial charge in [-0.1, -0.05) is 24.3 Å². The van der Waals surface area contributed by atoms with Crippen molar-refractivity contribution in [3.63, 3.8) is 0 Å². The molecule has 0 aromatic heterocycles. The lowest BCUT2D eigenvalue weighted by Crippen LogP contribution is -2.24. The summed E-state index contributed by atoms with van der Waals surface area (Å²) in [6, 6.07) is 7.00. The molecule has 1 rings (SSSR count). The van der Waals surface area contributed by atoms with E-state index >= 15 is 0 Å². The van der Waals surface area contributed by atoms with Crippen LogP contribution in [0, 0.1) is 0 Å². The first-order valence-corrected chi connectivity index (χ1v) is 5.38. The summed E-state index contributed by atoms with van der Waals surface area (Å²) in [5, 5.41) is 2.83. The van der Waals surface area contributed by atoms with Crippen LogP contribution in [0.5, 0.6) is 5.75 Å². The molecule has 0 saturated carbocycles. The van der Waals surface area contributed by atoms with Crippen LogP contribution < -0.4 is 10.1 Å². The summed E-state index contributed by atoms with van der Waals surface area (Å²) in [5.41, 5.74) is 1.68. The van der Waals surface area contributed by atoms with Gasteiger partial charge in [-0.3, -0.25) is 4.79 Å². The zero-order valence-electron chi connectivity index (χ0n) is 10.2. The molecule has 1 aromatic rings. The summed E-state index contributed by atoms with van der Waals surface area (Å²) in [6.45, 7) is 6.07. The van der Waals surface area contributed by atoms with Crippen molar-refractivity contribution in [3.8, 4) is 5.75 Å². The minimum absolute atomic E-state index is 0.0931. The number of benzene rings is 1. The molecule has 0 spiro atoms. The van der Waals surface area contributed by atoms with Crippen LogP contribution in [0.25, 0.3) is 0 Å². The van der Waals surface area contributed by atoms with Crippen molar-refractivity contribution < 1.29 is 9.53 Å². The Morgan fingerprint density at radius 1 is 1.41 bits per heavy atom. The standard InChI is InChI=1S/C14H17NO2/c1-4-5-11(2)10-15-14(16)12-6-8-13(17-3)9-7-12/h4-9H,1,10H2,2-3H3,(H,15,16)/b11-5+. The van der Waals surface area contributed by atoms with Gasteiger partial charge in [0.1, 0.15) is 5.75 Å². The lowest BCUT2D eigenvalue weighted by molar-refractivity contribution is 0.0957. The van der Waals surface area contributed by atoms with Crippen LogP contribution in [-0.4, -0.2) is 19.6 Å². The highest BCUT2D eigenvalue weighted by Crippen LogP contribution is 2.11. The van der Waals surface area contributed by atoms with Crippen LogP contribution >= 0.6 is 0 Å². The SMILES string of the molecule is C=C/C=C(\C)CNC(=O)c1ccc(OC)cc1. The molecule has 0 aliphatic rings. The van der Waals surface area contributed by atoms with Crippen LogP contribution in [0.3, 0.4) is 0 Å². The molecule has 0 radical (unpaired) electrons. The van der Waals surface area contributed by atoms with Crippen LogP contribution in [0.4, 0.5) is 0 Å². The molecule has 0 bridgehead atoms. The maximum absolute atomic E-state index is 11.7. The Morgan fingerprint density at radius 2 is 2.06 bits per heavy atom. The first-order valence-electron chi connectivity index (χ1n) is 5.38. The van der Waals surface area contributed by atoms with Crippen LogP contribution in [0.15, 0.2) is 48.6 Å². The second kappa shape index (κ2) is 6.53. The fourth-order valence-electron chi connectivity index (χ4n) is 1.32. The zero-order chi connectivity index (χ0) is 12.7. The predicted octanol–water partition coefficient (Wildman–Crippen LogP) is 2.56. The van der Waals surface area contributed by atoms with Gasteiger partial charge in [-0.05, 0) is 31.2 Å². The third-order valence-corrected chi connectivity index (χ3v) is 2.28. The van der Waals surface area contributed by atoms with Crippen molar-refractivity contribution in [2.75, 3.05) is 13.7 Å². The summed E-state index contributed by atoms with van der Waals surface area (Å²) in [7, 11) is 1.60. The Kier molecular flexibility index (Phi) is 5.01. The number of carbonyl (C=O) groups is 1. The molecule has 0 aliphatic heterocycles. The topological polar surface area (TPSA) is 38.3 Å². The number of hydrogen-bond donors (Lipinski definition) is 1. The normalized spacial score (nSPS) is 10.8. The molecule has 0 unspecified atom stereocenters. The van der Waals surface area contributed by atoms with Crippen LogP contribution in [0.2, 0.25) is 0 Å². The predicted molar refractivity (Wildman–Crippen MR) is 69.3 cm³/mol. The summed E-state index contributed by atoms with van der Waals surface area (Å²) < 4.78 is 5.03. The van der Waals surface area contributed by atoms with E-state index in [1.54, 1.807) is 37.5 Å². The molecule has 0 heterocycles. The molecule has 1 N–H and O–H groups in total. The lowest BCUT2D eigenvalue weighted by atomic mass is 10.2. The number of amides is 1. The monoisotopic (exact) mass is 231 g/mol. The smallest absolute Gasteiger partial charge is 0.251 e. The lowest BCUT2D eigenvalue weighted by Gasteiger charge is -2.06. The second-order valence-corrected chi connectivity index (χ2v) is 3.66. The number of nitrogens with one attached hydrogen (secondary N) is 1. The Hall–Kier alpha value is -2.03. The quantitative estimate of drug-likeness (QED) is 0.791. The van der Waals surface area contributed by atoms with E-state index in [0.29, 0.717) is 12.1 Å². The fourth-order valence-corrected chi connectivity index (χ4v) is 1.32. The van der Waals surface area contributed by atoms with Gasteiger partial charge in [0.2, 0.25) is 0 Å². The van der Waals surface area contributed by atoms with Gasteiger partial charge in [0.05, 0.1) is 7.11 Å². The molecule has 1 aromatic carbocycles. The van der Waals surface area contributed by atoms with E-state index in [1.165, 1.54) is 0 Å². The average Bonchev–Trinajstić information content (AvgIpc) is 2.36. The maximum Gasteiger partial charge on any atom is 0.251 e. The Labute approximate surface area is 102 Å². The fraction of sp³-hybridized carbons (Fsp3) is 0.214. The first-order chi connectivity index (χ1) is 8.17. The van der Waals surface area contributed by atoms with Crippen molar-refractivity contribution in [1.82, 2.24) is 5.32 Å². The molecular formula is C14H17NO2. The molecule has 0 aliphatic carbocycles. The number of hydrogen-bond acceptors (Lipinski definition) is 2. The van der Waals surface area contributed by atoms with E-state index in [2.05, 4.69) is 11.9 Å².